The lowest BCUT2D eigenvalue weighted by Gasteiger charge is -2.30. The molecule has 0 aromatic heterocycles. The maximum absolute atomic E-state index is 12.3. The van der Waals surface area contributed by atoms with Gasteiger partial charge in [-0.1, -0.05) is 25.1 Å². The normalized spacial score (nSPS) is 22.1. The third-order valence-electron chi connectivity index (χ3n) is 4.73. The first-order chi connectivity index (χ1) is 12.4. The van der Waals surface area contributed by atoms with Crippen molar-refractivity contribution in [3.05, 3.63) is 35.9 Å². The van der Waals surface area contributed by atoms with Gasteiger partial charge in [-0.25, -0.2) is 4.79 Å². The summed E-state index contributed by atoms with van der Waals surface area (Å²) in [7, 11) is 0. The van der Waals surface area contributed by atoms with E-state index in [1.807, 2.05) is 0 Å². The number of hydrogen-bond acceptors (Lipinski definition) is 6. The third kappa shape index (κ3) is 5.29. The number of carboxylic acids is 1. The highest BCUT2D eigenvalue weighted by Gasteiger charge is 2.34. The van der Waals surface area contributed by atoms with Crippen LogP contribution in [0.3, 0.4) is 0 Å². The molecule has 0 spiro atoms. The fraction of sp³-hybridized carbons (Fsp3) is 0.526. The third-order valence-corrected chi connectivity index (χ3v) is 4.73. The van der Waals surface area contributed by atoms with Crippen molar-refractivity contribution in [1.29, 1.82) is 0 Å². The average molecular weight is 363 g/mol. The van der Waals surface area contributed by atoms with Gasteiger partial charge in [0, 0.05) is 6.42 Å². The zero-order chi connectivity index (χ0) is 19.1. The van der Waals surface area contributed by atoms with Crippen LogP contribution in [0.25, 0.3) is 0 Å². The van der Waals surface area contributed by atoms with Crippen molar-refractivity contribution >= 4 is 17.9 Å². The molecule has 0 saturated heterocycles. The number of hydrogen-bond donors (Lipinski definition) is 2. The molecule has 7 nitrogen and oxygen atoms in total. The van der Waals surface area contributed by atoms with Crippen LogP contribution in [0, 0.1) is 11.8 Å². The molecule has 1 aromatic carbocycles. The number of aliphatic carboxylic acids is 1. The van der Waals surface area contributed by atoms with Crippen molar-refractivity contribution in [2.45, 2.75) is 51.4 Å². The molecule has 2 unspecified atom stereocenters. The molecule has 1 aliphatic rings. The molecule has 142 valence electrons. The lowest BCUT2D eigenvalue weighted by molar-refractivity contribution is -0.172. The zero-order valence-corrected chi connectivity index (χ0v) is 14.8. The molecule has 7 heteroatoms. The van der Waals surface area contributed by atoms with E-state index in [1.165, 1.54) is 0 Å². The van der Waals surface area contributed by atoms with Gasteiger partial charge in [-0.05, 0) is 43.7 Å². The first-order valence-corrected chi connectivity index (χ1v) is 8.87. The van der Waals surface area contributed by atoms with Crippen molar-refractivity contribution in [2.75, 3.05) is 0 Å². The number of rotatable bonds is 7. The number of esters is 2. The van der Waals surface area contributed by atoms with Gasteiger partial charge in [0.1, 0.15) is 6.04 Å². The van der Waals surface area contributed by atoms with Crippen LogP contribution in [0.1, 0.15) is 49.4 Å². The van der Waals surface area contributed by atoms with Gasteiger partial charge in [0.2, 0.25) is 6.29 Å². The van der Waals surface area contributed by atoms with Gasteiger partial charge in [0.15, 0.2) is 0 Å². The summed E-state index contributed by atoms with van der Waals surface area (Å²) >= 11 is 0. The first kappa shape index (κ1) is 19.9. The number of nitrogens with two attached hydrogens (primary N) is 1. The summed E-state index contributed by atoms with van der Waals surface area (Å²) in [4.78, 5) is 35.4. The monoisotopic (exact) mass is 363 g/mol. The van der Waals surface area contributed by atoms with Gasteiger partial charge in [-0.2, -0.15) is 0 Å². The van der Waals surface area contributed by atoms with E-state index in [-0.39, 0.29) is 11.8 Å². The van der Waals surface area contributed by atoms with Crippen LogP contribution in [-0.4, -0.2) is 35.3 Å². The van der Waals surface area contributed by atoms with E-state index in [1.54, 1.807) is 37.3 Å². The van der Waals surface area contributed by atoms with Crippen LogP contribution in [0.4, 0.5) is 0 Å². The minimum Gasteiger partial charge on any atom is -0.481 e. The lowest BCUT2D eigenvalue weighted by Crippen LogP contribution is -2.43. The van der Waals surface area contributed by atoms with Crippen molar-refractivity contribution in [2.24, 2.45) is 17.6 Å². The van der Waals surface area contributed by atoms with E-state index in [4.69, 9.17) is 20.3 Å². The summed E-state index contributed by atoms with van der Waals surface area (Å²) < 4.78 is 10.5. The molecule has 0 radical (unpaired) electrons. The Balaban J connectivity index is 1.86. The van der Waals surface area contributed by atoms with E-state index < -0.39 is 30.2 Å². The summed E-state index contributed by atoms with van der Waals surface area (Å²) in [5.41, 5.74) is 6.37. The van der Waals surface area contributed by atoms with Gasteiger partial charge in [0.25, 0.3) is 0 Å². The van der Waals surface area contributed by atoms with Crippen molar-refractivity contribution < 1.29 is 29.0 Å². The Bertz CT molecular complexity index is 624. The lowest BCUT2D eigenvalue weighted by atomic mass is 9.79. The van der Waals surface area contributed by atoms with Crippen LogP contribution in [0.2, 0.25) is 0 Å². The predicted octanol–water partition coefficient (Wildman–Crippen LogP) is 2.34. The van der Waals surface area contributed by atoms with E-state index >= 15 is 0 Å². The highest BCUT2D eigenvalue weighted by Crippen LogP contribution is 2.31. The molecule has 0 heterocycles. The summed E-state index contributed by atoms with van der Waals surface area (Å²) in [6, 6.07) is 7.59. The van der Waals surface area contributed by atoms with Gasteiger partial charge in [0.05, 0.1) is 11.5 Å². The Hall–Kier alpha value is -2.41. The topological polar surface area (TPSA) is 116 Å². The molecule has 2 atom stereocenters. The highest BCUT2D eigenvalue weighted by molar-refractivity contribution is 5.89. The Kier molecular flexibility index (Phi) is 7.15. The van der Waals surface area contributed by atoms with Crippen molar-refractivity contribution in [1.82, 2.24) is 0 Å². The number of carbonyl (C=O) groups is 3. The molecule has 0 bridgehead atoms. The molecular formula is C19H25NO6. The molecular weight excluding hydrogens is 338 g/mol. The molecule has 1 fully saturated rings. The van der Waals surface area contributed by atoms with E-state index in [0.717, 1.165) is 0 Å². The Morgan fingerprint density at radius 1 is 1.12 bits per heavy atom. The molecule has 26 heavy (non-hydrogen) atoms. The van der Waals surface area contributed by atoms with Gasteiger partial charge < -0.3 is 20.3 Å². The van der Waals surface area contributed by atoms with E-state index in [2.05, 4.69) is 0 Å². The molecule has 0 amide bonds. The quantitative estimate of drug-likeness (QED) is 0.564. The molecule has 3 N–H and O–H groups in total. The fourth-order valence-electron chi connectivity index (χ4n) is 3.08. The summed E-state index contributed by atoms with van der Waals surface area (Å²) in [6.45, 7) is 1.74. The zero-order valence-electron chi connectivity index (χ0n) is 14.8. The van der Waals surface area contributed by atoms with Crippen LogP contribution in [-0.2, 0) is 19.1 Å². The standard InChI is InChI=1S/C19H25NO6/c1-2-15(25-18(23)14-6-4-3-5-7-14)26-19(24)16(20)12-8-10-13(11-9-12)17(21)22/h3-7,12-13,15-16H,2,8-11,20H2,1H3,(H,21,22). The molecule has 1 aromatic rings. The number of carbonyl (C=O) groups excluding carboxylic acids is 2. The van der Waals surface area contributed by atoms with E-state index in [9.17, 15) is 14.4 Å². The van der Waals surface area contributed by atoms with Crippen LogP contribution in [0.15, 0.2) is 30.3 Å². The summed E-state index contributed by atoms with van der Waals surface area (Å²) in [5.74, 6) is -2.50. The number of ether oxygens (including phenoxy) is 2. The second-order valence-electron chi connectivity index (χ2n) is 6.52. The Labute approximate surface area is 152 Å². The second-order valence-corrected chi connectivity index (χ2v) is 6.52. The SMILES string of the molecule is CCC(OC(=O)c1ccccc1)OC(=O)C(N)C1CCC(C(=O)O)CC1. The number of benzene rings is 1. The van der Waals surface area contributed by atoms with Crippen LogP contribution in [0.5, 0.6) is 0 Å². The van der Waals surface area contributed by atoms with E-state index in [0.29, 0.717) is 37.7 Å². The average Bonchev–Trinajstić information content (AvgIpc) is 2.67. The van der Waals surface area contributed by atoms with Crippen LogP contribution < -0.4 is 5.73 Å². The molecule has 1 saturated carbocycles. The Morgan fingerprint density at radius 2 is 1.73 bits per heavy atom. The summed E-state index contributed by atoms with van der Waals surface area (Å²) in [5, 5.41) is 9.03. The van der Waals surface area contributed by atoms with Crippen LogP contribution >= 0.6 is 0 Å². The highest BCUT2D eigenvalue weighted by atomic mass is 16.7. The van der Waals surface area contributed by atoms with Crippen molar-refractivity contribution in [3.63, 3.8) is 0 Å². The largest absolute Gasteiger partial charge is 0.481 e. The molecule has 2 rings (SSSR count). The molecule has 1 aliphatic carbocycles. The van der Waals surface area contributed by atoms with Gasteiger partial charge >= 0.3 is 17.9 Å². The maximum atomic E-state index is 12.3. The molecule has 0 aliphatic heterocycles. The van der Waals surface area contributed by atoms with Gasteiger partial charge in [-0.3, -0.25) is 9.59 Å². The maximum Gasteiger partial charge on any atom is 0.341 e. The minimum absolute atomic E-state index is 0.125. The summed E-state index contributed by atoms with van der Waals surface area (Å²) in [6.07, 6.45) is 1.43. The number of carboxylic acid groups (broad SMARTS) is 1. The smallest absolute Gasteiger partial charge is 0.341 e. The predicted molar refractivity (Wildman–Crippen MR) is 93.1 cm³/mol. The first-order valence-electron chi connectivity index (χ1n) is 8.87. The minimum atomic E-state index is -1.00. The van der Waals surface area contributed by atoms with Crippen molar-refractivity contribution in [3.8, 4) is 0 Å². The fourth-order valence-corrected chi connectivity index (χ4v) is 3.08. The Morgan fingerprint density at radius 3 is 2.27 bits per heavy atom. The second kappa shape index (κ2) is 9.33. The van der Waals surface area contributed by atoms with Gasteiger partial charge in [-0.15, -0.1) is 0 Å².